The quantitative estimate of drug-likeness (QED) is 0.220. The van der Waals surface area contributed by atoms with Crippen molar-refractivity contribution < 1.29 is 18.4 Å². The lowest BCUT2D eigenvalue weighted by Crippen LogP contribution is -2.18. The summed E-state index contributed by atoms with van der Waals surface area (Å²) in [7, 11) is 0. The highest BCUT2D eigenvalue weighted by molar-refractivity contribution is 7.22. The van der Waals surface area contributed by atoms with Gasteiger partial charge in [-0.1, -0.05) is 46.1 Å². The molecular weight excluding hydrogens is 610 g/mol. The molecule has 13 heteroatoms. The standard InChI is InChI=1S/C24H12Cl5F2N3O2S/c25-10-3-9(4-11(26)5-10)19-20(24(19,28)29)22(36)32-12-1-2-14(27)13(6-12)21(35)34-23-33-17-7-15(30)16(31)8-18(17)37-23/h1-8,19-20H,(H,32,36)(H,33,34,35). The van der Waals surface area contributed by atoms with Crippen LogP contribution in [0.15, 0.2) is 48.5 Å². The monoisotopic (exact) mass is 619 g/mol. The lowest BCUT2D eigenvalue weighted by Gasteiger charge is -2.09. The maximum Gasteiger partial charge on any atom is 0.259 e. The molecule has 1 aromatic heterocycles. The Balaban J connectivity index is 1.33. The molecule has 3 aromatic carbocycles. The lowest BCUT2D eigenvalue weighted by molar-refractivity contribution is -0.117. The van der Waals surface area contributed by atoms with Crippen molar-refractivity contribution in [2.45, 2.75) is 10.3 Å². The molecule has 1 aliphatic carbocycles. The highest BCUT2D eigenvalue weighted by Gasteiger charge is 2.67. The summed E-state index contributed by atoms with van der Waals surface area (Å²) >= 11 is 32.1. The average molecular weight is 622 g/mol. The van der Waals surface area contributed by atoms with Gasteiger partial charge in [-0.05, 0) is 48.0 Å². The Hall–Kier alpha value is -2.20. The number of halogens is 7. The van der Waals surface area contributed by atoms with E-state index in [9.17, 15) is 18.4 Å². The van der Waals surface area contributed by atoms with Crippen LogP contribution < -0.4 is 10.6 Å². The van der Waals surface area contributed by atoms with Crippen LogP contribution in [0.25, 0.3) is 10.2 Å². The van der Waals surface area contributed by atoms with Gasteiger partial charge in [-0.2, -0.15) is 0 Å². The molecule has 0 bridgehead atoms. The number of amides is 2. The van der Waals surface area contributed by atoms with Gasteiger partial charge in [-0.25, -0.2) is 13.8 Å². The van der Waals surface area contributed by atoms with Crippen LogP contribution in [0.4, 0.5) is 19.6 Å². The minimum absolute atomic E-state index is 0.0352. The smallest absolute Gasteiger partial charge is 0.259 e. The second-order valence-corrected chi connectivity index (χ2v) is 12.0. The van der Waals surface area contributed by atoms with Crippen LogP contribution in [0.1, 0.15) is 21.8 Å². The summed E-state index contributed by atoms with van der Waals surface area (Å²) in [6, 6.07) is 11.1. The zero-order valence-electron chi connectivity index (χ0n) is 18.1. The Morgan fingerprint density at radius 2 is 1.59 bits per heavy atom. The molecule has 0 radical (unpaired) electrons. The number of nitrogens with zero attached hydrogens (tertiary/aromatic N) is 1. The average Bonchev–Trinajstić information content (AvgIpc) is 3.19. The van der Waals surface area contributed by atoms with E-state index in [4.69, 9.17) is 58.0 Å². The number of carbonyl (C=O) groups is 2. The first-order chi connectivity index (χ1) is 17.4. The summed E-state index contributed by atoms with van der Waals surface area (Å²) in [6.07, 6.45) is 0. The summed E-state index contributed by atoms with van der Waals surface area (Å²) in [5.74, 6) is -4.53. The summed E-state index contributed by atoms with van der Waals surface area (Å²) in [6.45, 7) is 0. The van der Waals surface area contributed by atoms with Gasteiger partial charge in [-0.3, -0.25) is 14.9 Å². The molecule has 0 spiro atoms. The van der Waals surface area contributed by atoms with Gasteiger partial charge in [0, 0.05) is 27.7 Å². The molecule has 5 rings (SSSR count). The van der Waals surface area contributed by atoms with E-state index in [1.165, 1.54) is 18.2 Å². The number of hydrogen-bond donors (Lipinski definition) is 2. The van der Waals surface area contributed by atoms with Crippen molar-refractivity contribution in [3.63, 3.8) is 0 Å². The predicted molar refractivity (Wildman–Crippen MR) is 145 cm³/mol. The molecular formula is C24H12Cl5F2N3O2S. The summed E-state index contributed by atoms with van der Waals surface area (Å²) < 4.78 is 25.9. The van der Waals surface area contributed by atoms with Crippen LogP contribution in [0.2, 0.25) is 15.1 Å². The molecule has 4 aromatic rings. The zero-order valence-corrected chi connectivity index (χ0v) is 22.7. The third-order valence-corrected chi connectivity index (χ3v) is 8.35. The Bertz CT molecular complexity index is 1540. The van der Waals surface area contributed by atoms with E-state index < -0.39 is 39.6 Å². The molecule has 1 heterocycles. The molecule has 2 unspecified atom stereocenters. The number of alkyl halides is 2. The van der Waals surface area contributed by atoms with Crippen molar-refractivity contribution in [3.05, 3.63) is 86.4 Å². The first-order valence-electron chi connectivity index (χ1n) is 10.4. The van der Waals surface area contributed by atoms with E-state index in [1.807, 2.05) is 0 Å². The first kappa shape index (κ1) is 26.4. The van der Waals surface area contributed by atoms with Crippen LogP contribution in [-0.2, 0) is 4.79 Å². The number of hydrogen-bond acceptors (Lipinski definition) is 4. The van der Waals surface area contributed by atoms with Gasteiger partial charge in [0.2, 0.25) is 5.91 Å². The van der Waals surface area contributed by atoms with Crippen molar-refractivity contribution in [1.29, 1.82) is 0 Å². The van der Waals surface area contributed by atoms with E-state index in [2.05, 4.69) is 15.6 Å². The van der Waals surface area contributed by atoms with Crippen molar-refractivity contribution >= 4 is 102 Å². The fourth-order valence-corrected chi connectivity index (χ4v) is 6.40. The number of aromatic nitrogens is 1. The van der Waals surface area contributed by atoms with Gasteiger partial charge in [-0.15, -0.1) is 23.2 Å². The lowest BCUT2D eigenvalue weighted by atomic mass is 10.1. The van der Waals surface area contributed by atoms with Gasteiger partial charge < -0.3 is 5.32 Å². The third-order valence-electron chi connectivity index (χ3n) is 5.71. The topological polar surface area (TPSA) is 71.1 Å². The molecule has 1 fully saturated rings. The van der Waals surface area contributed by atoms with Crippen LogP contribution in [0.5, 0.6) is 0 Å². The highest BCUT2D eigenvalue weighted by Crippen LogP contribution is 2.65. The molecule has 37 heavy (non-hydrogen) atoms. The van der Waals surface area contributed by atoms with E-state index >= 15 is 0 Å². The number of anilines is 2. The first-order valence-corrected chi connectivity index (χ1v) is 13.2. The number of carbonyl (C=O) groups excluding carboxylic acids is 2. The van der Waals surface area contributed by atoms with Crippen LogP contribution >= 0.6 is 69.3 Å². The van der Waals surface area contributed by atoms with Crippen molar-refractivity contribution in [3.8, 4) is 0 Å². The van der Waals surface area contributed by atoms with E-state index in [0.29, 0.717) is 20.3 Å². The second-order valence-electron chi connectivity index (χ2n) is 8.22. The maximum atomic E-state index is 13.5. The summed E-state index contributed by atoms with van der Waals surface area (Å²) in [4.78, 5) is 30.0. The molecule has 2 atom stereocenters. The number of rotatable bonds is 5. The minimum Gasteiger partial charge on any atom is -0.326 e. The largest absolute Gasteiger partial charge is 0.326 e. The van der Waals surface area contributed by atoms with E-state index in [1.54, 1.807) is 18.2 Å². The molecule has 1 saturated carbocycles. The van der Waals surface area contributed by atoms with Gasteiger partial charge >= 0.3 is 0 Å². The Labute approximate surface area is 237 Å². The number of nitrogens with one attached hydrogen (secondary N) is 2. The molecule has 2 amide bonds. The van der Waals surface area contributed by atoms with E-state index in [0.717, 1.165) is 23.5 Å². The van der Waals surface area contributed by atoms with Crippen LogP contribution in [-0.4, -0.2) is 21.1 Å². The van der Waals surface area contributed by atoms with Crippen molar-refractivity contribution in [2.24, 2.45) is 5.92 Å². The van der Waals surface area contributed by atoms with Gasteiger partial charge in [0.1, 0.15) is 4.33 Å². The number of fused-ring (bicyclic) bond motifs is 1. The Morgan fingerprint density at radius 1 is 0.919 bits per heavy atom. The molecule has 2 N–H and O–H groups in total. The van der Waals surface area contributed by atoms with Gasteiger partial charge in [0.05, 0.1) is 26.7 Å². The fraction of sp³-hybridized carbons (Fsp3) is 0.125. The minimum atomic E-state index is -1.38. The molecule has 0 aliphatic heterocycles. The van der Waals surface area contributed by atoms with E-state index in [-0.39, 0.29) is 26.9 Å². The molecule has 190 valence electrons. The summed E-state index contributed by atoms with van der Waals surface area (Å²) in [5.41, 5.74) is 1.12. The number of thiazole rings is 1. The summed E-state index contributed by atoms with van der Waals surface area (Å²) in [5, 5.41) is 6.25. The van der Waals surface area contributed by atoms with Crippen LogP contribution in [0, 0.1) is 17.6 Å². The SMILES string of the molecule is O=C(Nc1nc2cc(F)c(F)cc2s1)c1cc(NC(=O)C2C(c3cc(Cl)cc(Cl)c3)C2(Cl)Cl)ccc1Cl. The molecule has 1 aliphatic rings. The predicted octanol–water partition coefficient (Wildman–Crippen LogP) is 8.31. The van der Waals surface area contributed by atoms with Crippen molar-refractivity contribution in [2.75, 3.05) is 10.6 Å². The Kier molecular flexibility index (Phi) is 7.02. The Morgan fingerprint density at radius 3 is 2.30 bits per heavy atom. The van der Waals surface area contributed by atoms with Gasteiger partial charge in [0.15, 0.2) is 16.8 Å². The van der Waals surface area contributed by atoms with Crippen molar-refractivity contribution in [1.82, 2.24) is 4.98 Å². The second kappa shape index (κ2) is 9.84. The normalized spacial score (nSPS) is 18.0. The molecule has 5 nitrogen and oxygen atoms in total. The number of benzene rings is 3. The van der Waals surface area contributed by atoms with Gasteiger partial charge in [0.25, 0.3) is 5.91 Å². The zero-order chi connectivity index (χ0) is 26.6. The molecule has 0 saturated heterocycles. The highest BCUT2D eigenvalue weighted by atomic mass is 35.5. The third kappa shape index (κ3) is 5.24. The maximum absolute atomic E-state index is 13.5. The van der Waals surface area contributed by atoms with Crippen LogP contribution in [0.3, 0.4) is 0 Å². The fourth-order valence-electron chi connectivity index (χ4n) is 3.96.